The number of benzene rings is 11. The lowest BCUT2D eigenvalue weighted by Crippen LogP contribution is -2.41. The van der Waals surface area contributed by atoms with Gasteiger partial charge in [-0.2, -0.15) is 0 Å². The number of carbonyl (C=O) groups excluding carboxylic acids is 3. The number of aromatic hydroxyl groups is 6. The molecule has 612 valence electrons. The first kappa shape index (κ1) is 87.2. The van der Waals surface area contributed by atoms with Crippen molar-refractivity contribution in [3.8, 4) is 68.1 Å². The van der Waals surface area contributed by atoms with Gasteiger partial charge in [0.05, 0.1) is 24.0 Å². The number of para-hydroxylation sites is 2. The first-order valence-corrected chi connectivity index (χ1v) is 41.1. The van der Waals surface area contributed by atoms with Crippen LogP contribution in [-0.4, -0.2) is 96.2 Å². The number of aromatic amines is 2. The maximum Gasteiger partial charge on any atom is 0.339 e. The Balaban J connectivity index is 0.000000143. The molecule has 0 aliphatic heterocycles. The van der Waals surface area contributed by atoms with E-state index < -0.39 is 40.3 Å². The molecule has 121 heavy (non-hydrogen) atoms. The van der Waals surface area contributed by atoms with Crippen LogP contribution in [0.4, 0.5) is 5.69 Å². The van der Waals surface area contributed by atoms with Crippen LogP contribution in [0.2, 0.25) is 0 Å². The number of ketones is 2. The molecule has 4 aromatic heterocycles. The number of phenolic OH excluding ortho intramolecular Hbond substituents is 6. The van der Waals surface area contributed by atoms with Crippen molar-refractivity contribution in [2.24, 2.45) is 0 Å². The first-order valence-electron chi connectivity index (χ1n) is 36.7. The summed E-state index contributed by atoms with van der Waals surface area (Å²) < 4.78 is 20.4. The Morgan fingerprint density at radius 1 is 0.512 bits per heavy atom. The number of carbonyl (C=O) groups is 5. The molecule has 0 spiro atoms. The summed E-state index contributed by atoms with van der Waals surface area (Å²) in [7, 11) is 0. The highest BCUT2D eigenvalue weighted by atomic mass is 36.0. The molecule has 1 unspecified atom stereocenters. The highest BCUT2D eigenvalue weighted by molar-refractivity contribution is 8.24. The molecule has 30 heteroatoms. The van der Waals surface area contributed by atoms with E-state index >= 15 is 0 Å². The number of halogens is 3. The van der Waals surface area contributed by atoms with E-state index in [4.69, 9.17) is 19.0 Å². The van der Waals surface area contributed by atoms with Gasteiger partial charge in [0.15, 0.2) is 28.2 Å². The van der Waals surface area contributed by atoms with Crippen LogP contribution in [0.5, 0.6) is 34.5 Å². The maximum absolute atomic E-state index is 12.4. The summed E-state index contributed by atoms with van der Waals surface area (Å²) in [6.07, 6.45) is 3.84. The number of nitrogens with zero attached hydrogens (tertiary/aromatic N) is 2. The SMILES string of the molecule is Cc1ccc2c(c1)Cc1cc(C)ccc1C2=O.O=C(O)CCC(NC(=O)c1ccc(NCc2cnc3c(=O)[nH]c(=O)[nH]c3n2)cc1)C(=O)O.O=C1c2ccccc2Cc2ccccc21.O=P(Cl)(Cl)Cl.O=c1c(-c2ccccc2)coc2cc(O)cc(O)c12.O=c1cc(-c2ccccc2)oc2cc(O)cc(O)c12.Oc1ccccc1-c1ccccc1O. The van der Waals surface area contributed by atoms with Crippen molar-refractivity contribution >= 4 is 107 Å². The predicted molar refractivity (Wildman–Crippen MR) is 461 cm³/mol. The van der Waals surface area contributed by atoms with Gasteiger partial charge in [0.1, 0.15) is 74.5 Å². The van der Waals surface area contributed by atoms with Crippen molar-refractivity contribution < 1.29 is 78.2 Å². The number of nitrogens with one attached hydrogen (secondary N) is 4. The van der Waals surface area contributed by atoms with Crippen LogP contribution in [-0.2, 0) is 33.5 Å². The lowest BCUT2D eigenvalue weighted by atomic mass is 9.84. The highest BCUT2D eigenvalue weighted by Crippen LogP contribution is 2.61. The topological polar surface area (TPSA) is 440 Å². The molecular weight excluding hydrogens is 1630 g/mol. The van der Waals surface area contributed by atoms with Crippen LogP contribution in [0.1, 0.15) is 94.1 Å². The number of hydrogen-bond donors (Lipinski definition) is 12. The number of anilines is 1. The number of carboxylic acids is 2. The number of amides is 1. The van der Waals surface area contributed by atoms with E-state index in [1.54, 1.807) is 60.7 Å². The van der Waals surface area contributed by atoms with Crippen molar-refractivity contribution in [2.45, 2.75) is 52.1 Å². The monoisotopic (exact) mass is 1700 g/mol. The highest BCUT2D eigenvalue weighted by Gasteiger charge is 2.26. The van der Waals surface area contributed by atoms with Gasteiger partial charge < -0.3 is 60.3 Å². The Morgan fingerprint density at radius 2 is 0.992 bits per heavy atom. The second kappa shape index (κ2) is 39.5. The van der Waals surface area contributed by atoms with Crippen molar-refractivity contribution in [1.82, 2.24) is 25.3 Å². The summed E-state index contributed by atoms with van der Waals surface area (Å²) >= 11 is 13.8. The van der Waals surface area contributed by atoms with Crippen molar-refractivity contribution in [3.05, 3.63) is 369 Å². The minimum atomic E-state index is -3.22. The zero-order chi connectivity index (χ0) is 86.8. The maximum atomic E-state index is 12.4. The van der Waals surface area contributed by atoms with Gasteiger partial charge in [-0.3, -0.25) is 48.1 Å². The average molecular weight is 1710 g/mol. The molecule has 4 heterocycles. The fraction of sp³-hybridized carbons (Fsp3) is 0.0879. The van der Waals surface area contributed by atoms with Gasteiger partial charge in [-0.05, 0) is 131 Å². The molecule has 17 rings (SSSR count). The van der Waals surface area contributed by atoms with E-state index in [-0.39, 0.29) is 115 Å². The Kier molecular flexibility index (Phi) is 28.5. The van der Waals surface area contributed by atoms with Crippen molar-refractivity contribution in [2.75, 3.05) is 5.32 Å². The fourth-order valence-electron chi connectivity index (χ4n) is 12.9. The third-order valence-electron chi connectivity index (χ3n) is 18.5. The standard InChI is InChI=1S/C19H18N6O7.C16H14O.2C15H10O4.C14H10O.C12H10O2.Cl3OP/c26-13(27)6-5-12(18(30)31)23-16(28)9-1-3-10(4-2-9)20-7-11-8-21-14-15(22-11)24-19(32)25-17(14)29;1-10-3-5-14-12(7-10)9-13-8-11(2)4-6-15(13)16(14)17;16-10-6-12(17)14-13(7-10)19-8-11(15(14)18)9-4-2-1-3-5-9;16-10-6-11(17)15-12(18)8-13(19-14(15)7-10)9-4-2-1-3-5-9;15-14-12-7-3-1-5-10(12)9-11-6-2-4-8-13(11)14;13-11-7-3-1-5-9(11)10-6-2-4-8-12(10)14;1-5(2,3)4/h1-4,8,12,20H,5-7H2,(H,23,28)(H,26,27)(H,30,31)(H2,22,24,25,29,32);3-8H,9H2,1-2H3;2*1-8,16-17H;1-8H,9H2;1-8,13-14H;. The Morgan fingerprint density at radius 3 is 1.52 bits per heavy atom. The molecule has 0 radical (unpaired) electrons. The third-order valence-corrected chi connectivity index (χ3v) is 18.5. The molecule has 12 N–H and O–H groups in total. The normalized spacial score (nSPS) is 11.6. The summed E-state index contributed by atoms with van der Waals surface area (Å²) in [4.78, 5) is 119. The van der Waals surface area contributed by atoms with Gasteiger partial charge in [0.2, 0.25) is 5.43 Å². The van der Waals surface area contributed by atoms with E-state index in [1.807, 2.05) is 133 Å². The van der Waals surface area contributed by atoms with Crippen LogP contribution in [0.3, 0.4) is 0 Å². The summed E-state index contributed by atoms with van der Waals surface area (Å²) in [6.45, 7) is 4.34. The Bertz CT molecular complexity index is 6570. The second-order valence-corrected chi connectivity index (χ2v) is 33.8. The van der Waals surface area contributed by atoms with Gasteiger partial charge in [-0.25, -0.2) is 19.6 Å². The molecule has 2 aliphatic carbocycles. The van der Waals surface area contributed by atoms with Crippen molar-refractivity contribution in [1.29, 1.82) is 0 Å². The molecule has 1 atom stereocenters. The number of fused-ring (bicyclic) bond motifs is 7. The predicted octanol–water partition coefficient (Wildman–Crippen LogP) is 17.2. The van der Waals surface area contributed by atoms with Crippen LogP contribution >= 0.6 is 38.9 Å². The molecule has 0 saturated carbocycles. The van der Waals surface area contributed by atoms with Gasteiger partial charge in [-0.1, -0.05) is 193 Å². The lowest BCUT2D eigenvalue weighted by molar-refractivity contribution is -0.140. The average Bonchev–Trinajstić information content (AvgIpc) is 0.781. The first-order chi connectivity index (χ1) is 57.8. The largest absolute Gasteiger partial charge is 0.508 e. The zero-order valence-electron chi connectivity index (χ0n) is 63.9. The number of phenols is 6. The molecule has 0 fully saturated rings. The summed E-state index contributed by atoms with van der Waals surface area (Å²) in [5.74, 6) is -2.94. The van der Waals surface area contributed by atoms with Crippen molar-refractivity contribution in [3.63, 3.8) is 0 Å². The lowest BCUT2D eigenvalue weighted by Gasteiger charge is -2.19. The van der Waals surface area contributed by atoms with Gasteiger partial charge >= 0.3 is 22.8 Å². The molecule has 15 aromatic rings. The van der Waals surface area contributed by atoms with Crippen LogP contribution < -0.4 is 32.7 Å². The molecule has 0 saturated heterocycles. The quantitative estimate of drug-likeness (QED) is 0.0505. The summed E-state index contributed by atoms with van der Waals surface area (Å²) in [5.41, 5.74) is 13.2. The number of aryl methyl sites for hydroxylation is 2. The van der Waals surface area contributed by atoms with E-state index in [0.717, 1.165) is 75.0 Å². The fourth-order valence-corrected chi connectivity index (χ4v) is 12.9. The van der Waals surface area contributed by atoms with Gasteiger partial charge in [0.25, 0.3) is 11.5 Å². The van der Waals surface area contributed by atoms with E-state index in [1.165, 1.54) is 53.9 Å². The Labute approximate surface area is 701 Å². The summed E-state index contributed by atoms with van der Waals surface area (Å²) in [5, 5.41) is 77.5. The number of H-pyrrole nitrogens is 2. The number of aromatic nitrogens is 4. The molecule has 26 nitrogen and oxygen atoms in total. The molecular formula is C91H72Cl3N6O20P. The molecule has 11 aromatic carbocycles. The zero-order valence-corrected chi connectivity index (χ0v) is 67.1. The van der Waals surface area contributed by atoms with Crippen LogP contribution in [0.15, 0.2) is 289 Å². The molecule has 1 amide bonds. The molecule has 2 aliphatic rings. The number of aliphatic carboxylic acids is 2. The third kappa shape index (κ3) is 22.9. The number of hydrogen-bond acceptors (Lipinski definition) is 21. The number of rotatable bonds is 12. The molecule has 0 bridgehead atoms. The van der Waals surface area contributed by atoms with Gasteiger partial charge in [-0.15, -0.1) is 0 Å². The minimum absolute atomic E-state index is 0.00624. The smallest absolute Gasteiger partial charge is 0.339 e. The van der Waals surface area contributed by atoms with Gasteiger partial charge in [0, 0.05) is 86.9 Å². The van der Waals surface area contributed by atoms with E-state index in [2.05, 4.69) is 90.3 Å². The second-order valence-electron chi connectivity index (χ2n) is 27.1. The van der Waals surface area contributed by atoms with E-state index in [9.17, 15) is 78.4 Å². The summed E-state index contributed by atoms with van der Waals surface area (Å²) in [6, 6.07) is 70.9. The minimum Gasteiger partial charge on any atom is -0.508 e. The Hall–Kier alpha value is -14.7. The van der Waals surface area contributed by atoms with E-state index in [0.29, 0.717) is 39.4 Å². The van der Waals surface area contributed by atoms with Crippen LogP contribution in [0, 0.1) is 13.8 Å². The van der Waals surface area contributed by atoms with Crippen LogP contribution in [0.25, 0.3) is 66.7 Å². The number of carboxylic acid groups (broad SMARTS) is 2.